The standard InChI is InChI=1S/C29H26N6O3/c1-4-22(36)32-19-10-8-17(9-11-19)26-24-21-13-12-20(38-23-7-5-6-16(2)31-23)14-18(21)15-30-28-25(24)27(35(26)3)29(37)34-33-28/h4-14,25,27H,1,15H2,2-3H3,(H,30,33)(H,32,36)(H,34,37). The molecule has 2 atom stereocenters. The Morgan fingerprint density at radius 2 is 2.00 bits per heavy atom. The van der Waals surface area contributed by atoms with Gasteiger partial charge in [0.25, 0.3) is 5.91 Å². The van der Waals surface area contributed by atoms with Crippen LogP contribution in [0.4, 0.5) is 5.69 Å². The summed E-state index contributed by atoms with van der Waals surface area (Å²) in [5.41, 5.74) is 9.16. The summed E-state index contributed by atoms with van der Waals surface area (Å²) in [6.45, 7) is 5.95. The Kier molecular flexibility index (Phi) is 5.68. The maximum Gasteiger partial charge on any atom is 0.263 e. The lowest BCUT2D eigenvalue weighted by atomic mass is 9.85. The van der Waals surface area contributed by atoms with Crippen molar-refractivity contribution < 1.29 is 14.3 Å². The number of hydrazone groups is 1. The molecule has 2 amide bonds. The van der Waals surface area contributed by atoms with Crippen molar-refractivity contribution in [2.75, 3.05) is 12.4 Å². The molecule has 3 N–H and O–H groups in total. The molecule has 190 valence electrons. The fourth-order valence-electron chi connectivity index (χ4n) is 5.35. The molecule has 1 aromatic heterocycles. The summed E-state index contributed by atoms with van der Waals surface area (Å²) in [7, 11) is 1.93. The first-order valence-corrected chi connectivity index (χ1v) is 12.3. The molecule has 2 aromatic carbocycles. The van der Waals surface area contributed by atoms with E-state index >= 15 is 0 Å². The van der Waals surface area contributed by atoms with Crippen molar-refractivity contribution in [2.45, 2.75) is 19.5 Å². The molecule has 3 aliphatic heterocycles. The number of hydrogen-bond acceptors (Lipinski definition) is 7. The summed E-state index contributed by atoms with van der Waals surface area (Å²) in [4.78, 5) is 31.2. The summed E-state index contributed by atoms with van der Waals surface area (Å²) < 4.78 is 6.06. The van der Waals surface area contributed by atoms with Crippen LogP contribution in [0.3, 0.4) is 0 Å². The Balaban J connectivity index is 1.46. The van der Waals surface area contributed by atoms with Gasteiger partial charge in [0.15, 0.2) is 0 Å². The summed E-state index contributed by atoms with van der Waals surface area (Å²) >= 11 is 0. The van der Waals surface area contributed by atoms with E-state index in [1.807, 2.05) is 79.5 Å². The SMILES string of the molecule is C=CC(=O)Nc1ccc(C2=C3c4ccc(Oc5cccc(C)n5)cc4CNC4=NNC(=O)C(C43)N2C)cc1. The molecule has 6 rings (SSSR count). The van der Waals surface area contributed by atoms with E-state index in [9.17, 15) is 9.59 Å². The minimum Gasteiger partial charge on any atom is -0.439 e. The van der Waals surface area contributed by atoms with Gasteiger partial charge in [-0.05, 0) is 65.6 Å². The highest BCUT2D eigenvalue weighted by molar-refractivity contribution is 6.13. The van der Waals surface area contributed by atoms with Gasteiger partial charge in [-0.3, -0.25) is 9.59 Å². The second-order valence-corrected chi connectivity index (χ2v) is 9.43. The van der Waals surface area contributed by atoms with Crippen molar-refractivity contribution in [2.24, 2.45) is 11.0 Å². The van der Waals surface area contributed by atoms with Crippen molar-refractivity contribution in [1.29, 1.82) is 0 Å². The van der Waals surface area contributed by atoms with Crippen molar-refractivity contribution in [3.05, 3.63) is 95.7 Å². The van der Waals surface area contributed by atoms with Gasteiger partial charge < -0.3 is 20.3 Å². The Hall–Kier alpha value is -4.92. The molecule has 3 aliphatic rings. The van der Waals surface area contributed by atoms with Crippen molar-refractivity contribution in [3.8, 4) is 11.6 Å². The minimum atomic E-state index is -0.446. The number of rotatable bonds is 5. The van der Waals surface area contributed by atoms with Crippen LogP contribution in [0.2, 0.25) is 0 Å². The summed E-state index contributed by atoms with van der Waals surface area (Å²) in [5.74, 6) is 1.25. The summed E-state index contributed by atoms with van der Waals surface area (Å²) in [6, 6.07) is 18.8. The highest BCUT2D eigenvalue weighted by Crippen LogP contribution is 2.48. The molecule has 0 aliphatic carbocycles. The number of anilines is 1. The number of amides is 2. The third-order valence-corrected chi connectivity index (χ3v) is 7.02. The second kappa shape index (κ2) is 9.19. The number of aromatic nitrogens is 1. The van der Waals surface area contributed by atoms with Gasteiger partial charge in [0.1, 0.15) is 17.6 Å². The highest BCUT2D eigenvalue weighted by atomic mass is 16.5. The van der Waals surface area contributed by atoms with E-state index in [0.29, 0.717) is 23.9 Å². The van der Waals surface area contributed by atoms with Gasteiger partial charge in [-0.2, -0.15) is 5.10 Å². The molecule has 0 bridgehead atoms. The van der Waals surface area contributed by atoms with Gasteiger partial charge in [0, 0.05) is 36.7 Å². The summed E-state index contributed by atoms with van der Waals surface area (Å²) in [5, 5.41) is 10.6. The number of likely N-dealkylation sites (N-methyl/N-ethyl adjacent to an activating group) is 1. The number of carbonyl (C=O) groups excluding carboxylic acids is 2. The molecule has 0 radical (unpaired) electrons. The largest absolute Gasteiger partial charge is 0.439 e. The quantitative estimate of drug-likeness (QED) is 0.456. The lowest BCUT2D eigenvalue weighted by Gasteiger charge is -2.30. The molecule has 0 saturated carbocycles. The summed E-state index contributed by atoms with van der Waals surface area (Å²) in [6.07, 6.45) is 1.23. The first-order valence-electron chi connectivity index (χ1n) is 12.3. The third kappa shape index (κ3) is 3.98. The molecule has 2 unspecified atom stereocenters. The van der Waals surface area contributed by atoms with Gasteiger partial charge in [0.2, 0.25) is 11.8 Å². The van der Waals surface area contributed by atoms with Crippen LogP contribution < -0.4 is 20.8 Å². The molecular weight excluding hydrogens is 480 g/mol. The van der Waals surface area contributed by atoms with E-state index in [0.717, 1.165) is 39.5 Å². The molecule has 0 fully saturated rings. The number of amidine groups is 1. The lowest BCUT2D eigenvalue weighted by Crippen LogP contribution is -2.52. The molecule has 38 heavy (non-hydrogen) atoms. The number of benzene rings is 2. The number of aryl methyl sites for hydroxylation is 1. The van der Waals surface area contributed by atoms with Crippen LogP contribution in [0.5, 0.6) is 11.6 Å². The molecule has 9 heteroatoms. The van der Waals surface area contributed by atoms with E-state index in [1.165, 1.54) is 6.08 Å². The van der Waals surface area contributed by atoms with E-state index in [4.69, 9.17) is 4.74 Å². The van der Waals surface area contributed by atoms with Crippen LogP contribution in [-0.4, -0.2) is 40.6 Å². The Morgan fingerprint density at radius 1 is 1.18 bits per heavy atom. The van der Waals surface area contributed by atoms with Crippen molar-refractivity contribution in [3.63, 3.8) is 0 Å². The van der Waals surface area contributed by atoms with Crippen molar-refractivity contribution in [1.82, 2.24) is 20.6 Å². The van der Waals surface area contributed by atoms with Crippen LogP contribution in [-0.2, 0) is 16.1 Å². The normalized spacial score (nSPS) is 19.4. The molecule has 0 spiro atoms. The molecule has 0 saturated heterocycles. The lowest BCUT2D eigenvalue weighted by molar-refractivity contribution is -0.125. The van der Waals surface area contributed by atoms with E-state index < -0.39 is 6.04 Å². The van der Waals surface area contributed by atoms with Gasteiger partial charge >= 0.3 is 0 Å². The predicted molar refractivity (Wildman–Crippen MR) is 145 cm³/mol. The number of ether oxygens (including phenoxy) is 1. The number of nitrogens with zero attached hydrogens (tertiary/aromatic N) is 3. The zero-order valence-corrected chi connectivity index (χ0v) is 21.0. The average molecular weight is 507 g/mol. The maximum atomic E-state index is 13.0. The van der Waals surface area contributed by atoms with E-state index in [-0.39, 0.29) is 17.7 Å². The number of hydrogen-bond donors (Lipinski definition) is 3. The average Bonchev–Trinajstić information content (AvgIpc) is 3.13. The molecular formula is C29H26N6O3. The van der Waals surface area contributed by atoms with E-state index in [1.54, 1.807) is 0 Å². The van der Waals surface area contributed by atoms with E-state index in [2.05, 4.69) is 32.7 Å². The van der Waals surface area contributed by atoms with Gasteiger partial charge in [-0.25, -0.2) is 10.4 Å². The Morgan fingerprint density at radius 3 is 2.76 bits per heavy atom. The number of carbonyl (C=O) groups is 2. The number of pyridine rings is 1. The Bertz CT molecular complexity index is 1540. The number of fused-ring (bicyclic) bond motifs is 2. The van der Waals surface area contributed by atoms with Crippen LogP contribution in [0.25, 0.3) is 11.3 Å². The topological polar surface area (TPSA) is 108 Å². The highest BCUT2D eigenvalue weighted by Gasteiger charge is 2.50. The monoisotopic (exact) mass is 506 g/mol. The third-order valence-electron chi connectivity index (χ3n) is 7.02. The predicted octanol–water partition coefficient (Wildman–Crippen LogP) is 3.65. The van der Waals surface area contributed by atoms with Gasteiger partial charge in [-0.1, -0.05) is 30.8 Å². The first kappa shape index (κ1) is 23.5. The fourth-order valence-corrected chi connectivity index (χ4v) is 5.35. The second-order valence-electron chi connectivity index (χ2n) is 9.43. The fraction of sp³-hybridized carbons (Fsp3) is 0.172. The zero-order chi connectivity index (χ0) is 26.4. The van der Waals surface area contributed by atoms with Crippen LogP contribution in [0, 0.1) is 12.8 Å². The van der Waals surface area contributed by atoms with Crippen LogP contribution in [0.1, 0.15) is 22.4 Å². The van der Waals surface area contributed by atoms with Gasteiger partial charge in [-0.15, -0.1) is 0 Å². The Labute approximate surface area is 219 Å². The van der Waals surface area contributed by atoms with Crippen LogP contribution in [0.15, 0.2) is 78.4 Å². The number of nitrogens with one attached hydrogen (secondary N) is 3. The van der Waals surface area contributed by atoms with Crippen molar-refractivity contribution >= 4 is 34.6 Å². The minimum absolute atomic E-state index is 0.153. The molecule has 4 heterocycles. The van der Waals surface area contributed by atoms with Crippen LogP contribution >= 0.6 is 0 Å². The molecule has 9 nitrogen and oxygen atoms in total. The maximum absolute atomic E-state index is 13.0. The zero-order valence-electron chi connectivity index (χ0n) is 21.0. The first-order chi connectivity index (χ1) is 18.4. The molecule has 3 aromatic rings. The smallest absolute Gasteiger partial charge is 0.263 e. The van der Waals surface area contributed by atoms with Gasteiger partial charge in [0.05, 0.1) is 5.92 Å².